The van der Waals surface area contributed by atoms with Crippen molar-refractivity contribution >= 4 is 42.6 Å². The summed E-state index contributed by atoms with van der Waals surface area (Å²) < 4.78 is 29.4. The van der Waals surface area contributed by atoms with Gasteiger partial charge in [0.25, 0.3) is 5.91 Å². The second kappa shape index (κ2) is 12.0. The van der Waals surface area contributed by atoms with Gasteiger partial charge < -0.3 is 4.90 Å². The van der Waals surface area contributed by atoms with Crippen LogP contribution in [0, 0.1) is 25.7 Å². The van der Waals surface area contributed by atoms with Crippen LogP contribution in [0.15, 0.2) is 41.3 Å². The molecule has 0 saturated carbocycles. The number of nitrogens with zero attached hydrogens (tertiary/aromatic N) is 4. The maximum Gasteiger partial charge on any atom is 0.260 e. The van der Waals surface area contributed by atoms with Crippen LogP contribution < -0.4 is 4.90 Å². The van der Waals surface area contributed by atoms with Crippen molar-refractivity contribution in [2.45, 2.75) is 46.4 Å². The summed E-state index contributed by atoms with van der Waals surface area (Å²) in [7, 11) is 0.270. The third kappa shape index (κ3) is 7.16. The number of rotatable bonds is 11. The molecule has 0 aliphatic carbocycles. The first-order valence-corrected chi connectivity index (χ1v) is 15.0. The van der Waals surface area contributed by atoms with E-state index in [1.807, 2.05) is 46.7 Å². The van der Waals surface area contributed by atoms with Crippen LogP contribution in [-0.2, 0) is 10.0 Å². The van der Waals surface area contributed by atoms with Crippen molar-refractivity contribution in [3.8, 4) is 0 Å². The number of carbonyl (C=O) groups is 1. The summed E-state index contributed by atoms with van der Waals surface area (Å²) >= 11 is 1.50. The predicted octanol–water partition coefficient (Wildman–Crippen LogP) is 5.42. The minimum Gasteiger partial charge on any atom is -0.308 e. The van der Waals surface area contributed by atoms with Gasteiger partial charge in [0.2, 0.25) is 10.0 Å². The number of hydrogen-bond donors (Lipinski definition) is 0. The van der Waals surface area contributed by atoms with E-state index >= 15 is 0 Å². The fraction of sp³-hybridized carbons (Fsp3) is 0.500. The minimum atomic E-state index is -3.66. The van der Waals surface area contributed by atoms with Crippen LogP contribution in [0.4, 0.5) is 5.13 Å². The molecule has 0 bridgehead atoms. The van der Waals surface area contributed by atoms with Gasteiger partial charge in [0.15, 0.2) is 5.13 Å². The normalized spacial score (nSPS) is 12.4. The van der Waals surface area contributed by atoms with Crippen molar-refractivity contribution in [2.24, 2.45) is 11.8 Å². The first-order chi connectivity index (χ1) is 17.3. The molecule has 37 heavy (non-hydrogen) atoms. The second-order valence-electron chi connectivity index (χ2n) is 10.8. The number of benzene rings is 2. The van der Waals surface area contributed by atoms with Gasteiger partial charge >= 0.3 is 0 Å². The third-order valence-corrected chi connectivity index (χ3v) is 9.00. The van der Waals surface area contributed by atoms with E-state index < -0.39 is 10.0 Å². The molecule has 1 amide bonds. The molecule has 0 spiro atoms. The Hall–Kier alpha value is -2.33. The average Bonchev–Trinajstić information content (AvgIpc) is 3.20. The quantitative estimate of drug-likeness (QED) is 0.322. The number of hydrogen-bond acceptors (Lipinski definition) is 6. The molecule has 0 N–H and O–H groups in total. The van der Waals surface area contributed by atoms with Crippen molar-refractivity contribution in [3.05, 3.63) is 53.1 Å². The third-order valence-electron chi connectivity index (χ3n) is 6.12. The van der Waals surface area contributed by atoms with Crippen molar-refractivity contribution in [2.75, 3.05) is 45.2 Å². The Morgan fingerprint density at radius 1 is 0.919 bits per heavy atom. The van der Waals surface area contributed by atoms with Crippen LogP contribution >= 0.6 is 11.3 Å². The molecular formula is C28H40N4O3S2. The molecule has 7 nitrogen and oxygen atoms in total. The number of likely N-dealkylation sites (N-methyl/N-ethyl adjacent to an activating group) is 1. The van der Waals surface area contributed by atoms with Gasteiger partial charge in [-0.15, -0.1) is 0 Å². The molecule has 0 atom stereocenters. The molecule has 2 aromatic carbocycles. The summed E-state index contributed by atoms with van der Waals surface area (Å²) in [6.45, 7) is 14.2. The fourth-order valence-corrected chi connectivity index (χ4v) is 6.86. The summed E-state index contributed by atoms with van der Waals surface area (Å²) in [4.78, 5) is 22.4. The highest BCUT2D eigenvalue weighted by Gasteiger charge is 2.27. The minimum absolute atomic E-state index is 0.195. The number of anilines is 1. The van der Waals surface area contributed by atoms with Gasteiger partial charge in [0, 0.05) is 31.7 Å². The van der Waals surface area contributed by atoms with Gasteiger partial charge in [-0.1, -0.05) is 39.0 Å². The zero-order valence-corrected chi connectivity index (χ0v) is 24.9. The molecule has 0 radical (unpaired) electrons. The lowest BCUT2D eigenvalue weighted by atomic mass is 10.1. The molecule has 0 saturated heterocycles. The topological polar surface area (TPSA) is 73.8 Å². The smallest absolute Gasteiger partial charge is 0.260 e. The summed E-state index contributed by atoms with van der Waals surface area (Å²) in [6, 6.07) is 10.5. The van der Waals surface area contributed by atoms with Gasteiger partial charge in [0.05, 0.1) is 15.1 Å². The van der Waals surface area contributed by atoms with Crippen LogP contribution in [0.25, 0.3) is 10.2 Å². The Morgan fingerprint density at radius 3 is 2.03 bits per heavy atom. The molecule has 202 valence electrons. The number of sulfonamides is 1. The number of amides is 1. The molecule has 1 aromatic heterocycles. The maximum absolute atomic E-state index is 13.7. The van der Waals surface area contributed by atoms with Gasteiger partial charge in [-0.2, -0.15) is 4.31 Å². The standard InChI is InChI=1S/C28H40N4O3S2/c1-19(2)17-31(18-20(3)4)37(34,35)24-11-9-23(10-12-24)27(33)32(14-13-30(7)8)28-29-25-15-21(5)22(6)16-26(25)36-28/h9-12,15-16,19-20H,13-14,17-18H2,1-8H3. The van der Waals surface area contributed by atoms with Gasteiger partial charge in [-0.25, -0.2) is 13.4 Å². The van der Waals surface area contributed by atoms with E-state index in [2.05, 4.69) is 26.0 Å². The van der Waals surface area contributed by atoms with E-state index in [1.165, 1.54) is 16.9 Å². The van der Waals surface area contributed by atoms with E-state index in [9.17, 15) is 13.2 Å². The summed E-state index contributed by atoms with van der Waals surface area (Å²) in [5.41, 5.74) is 3.66. The SMILES string of the molecule is Cc1cc2nc(N(CCN(C)C)C(=O)c3ccc(S(=O)(=O)N(CC(C)C)CC(C)C)cc3)sc2cc1C. The highest BCUT2D eigenvalue weighted by molar-refractivity contribution is 7.89. The number of thiazole rings is 1. The van der Waals surface area contributed by atoms with E-state index in [1.54, 1.807) is 33.5 Å². The van der Waals surface area contributed by atoms with Crippen LogP contribution in [-0.4, -0.2) is 68.8 Å². The lowest BCUT2D eigenvalue weighted by Gasteiger charge is -2.26. The van der Waals surface area contributed by atoms with Crippen molar-refractivity contribution in [3.63, 3.8) is 0 Å². The van der Waals surface area contributed by atoms with Gasteiger partial charge in [-0.3, -0.25) is 9.69 Å². The highest BCUT2D eigenvalue weighted by Crippen LogP contribution is 2.32. The van der Waals surface area contributed by atoms with Gasteiger partial charge in [-0.05, 0) is 87.3 Å². The number of aromatic nitrogens is 1. The average molecular weight is 545 g/mol. The Morgan fingerprint density at radius 2 is 1.49 bits per heavy atom. The molecular weight excluding hydrogens is 504 g/mol. The summed E-state index contributed by atoms with van der Waals surface area (Å²) in [5.74, 6) is 0.224. The van der Waals surface area contributed by atoms with Crippen molar-refractivity contribution < 1.29 is 13.2 Å². The summed E-state index contributed by atoms with van der Waals surface area (Å²) in [5, 5.41) is 0.642. The second-order valence-corrected chi connectivity index (χ2v) is 13.7. The van der Waals surface area contributed by atoms with Crippen LogP contribution in [0.2, 0.25) is 0 Å². The number of carbonyl (C=O) groups excluding carboxylic acids is 1. The van der Waals surface area contributed by atoms with Crippen LogP contribution in [0.1, 0.15) is 49.2 Å². The number of aryl methyl sites for hydroxylation is 2. The molecule has 1 heterocycles. The van der Waals surface area contributed by atoms with Crippen LogP contribution in [0.3, 0.4) is 0 Å². The van der Waals surface area contributed by atoms with E-state index in [4.69, 9.17) is 4.98 Å². The molecule has 9 heteroatoms. The Balaban J connectivity index is 1.93. The monoisotopic (exact) mass is 544 g/mol. The molecule has 0 aliphatic heterocycles. The van der Waals surface area contributed by atoms with Gasteiger partial charge in [0.1, 0.15) is 0 Å². The summed E-state index contributed by atoms with van der Waals surface area (Å²) in [6.07, 6.45) is 0. The molecule has 0 fully saturated rings. The van der Waals surface area contributed by atoms with Crippen molar-refractivity contribution in [1.29, 1.82) is 0 Å². The molecule has 3 aromatic rings. The fourth-order valence-electron chi connectivity index (χ4n) is 4.03. The highest BCUT2D eigenvalue weighted by atomic mass is 32.2. The predicted molar refractivity (Wildman–Crippen MR) is 154 cm³/mol. The van der Waals surface area contributed by atoms with E-state index in [-0.39, 0.29) is 22.6 Å². The van der Waals surface area contributed by atoms with Crippen molar-refractivity contribution in [1.82, 2.24) is 14.2 Å². The Labute approximate surface area is 226 Å². The zero-order valence-electron chi connectivity index (χ0n) is 23.3. The largest absolute Gasteiger partial charge is 0.308 e. The van der Waals surface area contributed by atoms with E-state index in [0.717, 1.165) is 15.8 Å². The molecule has 3 rings (SSSR count). The lowest BCUT2D eigenvalue weighted by molar-refractivity contribution is 0.0985. The zero-order chi connectivity index (χ0) is 27.5. The molecule has 0 aliphatic rings. The van der Waals surface area contributed by atoms with E-state index in [0.29, 0.717) is 36.9 Å². The number of fused-ring (bicyclic) bond motifs is 1. The first kappa shape index (κ1) is 29.2. The Bertz CT molecular complexity index is 1280. The maximum atomic E-state index is 13.7. The Kier molecular flexibility index (Phi) is 9.50. The first-order valence-electron chi connectivity index (χ1n) is 12.7. The van der Waals surface area contributed by atoms with Crippen LogP contribution in [0.5, 0.6) is 0 Å². The molecule has 0 unspecified atom stereocenters. The lowest BCUT2D eigenvalue weighted by Crippen LogP contribution is -2.37.